The van der Waals surface area contributed by atoms with E-state index in [1.165, 1.54) is 0 Å². The summed E-state index contributed by atoms with van der Waals surface area (Å²) in [6.45, 7) is 5.56. The average Bonchev–Trinajstić information content (AvgIpc) is 2.85. The van der Waals surface area contributed by atoms with Crippen LogP contribution in [0.5, 0.6) is 0 Å². The van der Waals surface area contributed by atoms with Crippen molar-refractivity contribution in [3.05, 3.63) is 59.0 Å². The number of hydrogen-bond donors (Lipinski definition) is 2. The normalized spacial score (nSPS) is 18.5. The van der Waals surface area contributed by atoms with Gasteiger partial charge < -0.3 is 14.8 Å². The van der Waals surface area contributed by atoms with Crippen molar-refractivity contribution in [3.8, 4) is 0 Å². The lowest BCUT2D eigenvalue weighted by molar-refractivity contribution is -0.131. The Bertz CT molecular complexity index is 727. The van der Waals surface area contributed by atoms with Gasteiger partial charge in [-0.2, -0.15) is 0 Å². The van der Waals surface area contributed by atoms with Gasteiger partial charge in [-0.15, -0.1) is 0 Å². The largest absolute Gasteiger partial charge is 0.466 e. The molecule has 4 nitrogen and oxygen atoms in total. The molecule has 0 bridgehead atoms. The topological polar surface area (TPSA) is 62.5 Å². The molecule has 1 unspecified atom stereocenters. The van der Waals surface area contributed by atoms with Crippen LogP contribution in [0.25, 0.3) is 0 Å². The number of aryl methyl sites for hydroxylation is 2. The van der Waals surface area contributed by atoms with Crippen molar-refractivity contribution in [3.63, 3.8) is 0 Å². The number of aliphatic hydroxyl groups is 1. The van der Waals surface area contributed by atoms with Crippen LogP contribution in [-0.4, -0.2) is 17.6 Å². The minimum atomic E-state index is -1.15. The van der Waals surface area contributed by atoms with E-state index in [1.807, 2.05) is 50.2 Å². The zero-order valence-electron chi connectivity index (χ0n) is 14.6. The fourth-order valence-corrected chi connectivity index (χ4v) is 3.62. The van der Waals surface area contributed by atoms with Crippen molar-refractivity contribution in [2.24, 2.45) is 0 Å². The first-order valence-corrected chi connectivity index (χ1v) is 8.49. The number of benzene rings is 1. The third-order valence-electron chi connectivity index (χ3n) is 5.18. The fraction of sp³-hybridized carbons (Fsp3) is 0.450. The van der Waals surface area contributed by atoms with Gasteiger partial charge in [0.15, 0.2) is 0 Å². The average molecular weight is 327 g/mol. The summed E-state index contributed by atoms with van der Waals surface area (Å²) in [7, 11) is 0. The highest BCUT2D eigenvalue weighted by Gasteiger charge is 2.46. The Hall–Kier alpha value is -2.07. The summed E-state index contributed by atoms with van der Waals surface area (Å²) < 4.78 is 5.50. The maximum absolute atomic E-state index is 12.9. The summed E-state index contributed by atoms with van der Waals surface area (Å²) in [6.07, 6.45) is 2.77. The van der Waals surface area contributed by atoms with E-state index < -0.39 is 11.0 Å². The van der Waals surface area contributed by atoms with Crippen LogP contribution >= 0.6 is 0 Å². The van der Waals surface area contributed by atoms with Gasteiger partial charge in [-0.1, -0.05) is 36.8 Å². The van der Waals surface area contributed by atoms with Gasteiger partial charge >= 0.3 is 0 Å². The second-order valence-electron chi connectivity index (χ2n) is 7.09. The molecule has 1 aromatic carbocycles. The Labute approximate surface area is 142 Å². The highest BCUT2D eigenvalue weighted by Crippen LogP contribution is 2.44. The SMILES string of the molecule is Cc1cc(C(C)(O)CNC(=O)C2(c3ccccc3)CCC2)c(C)o1. The molecule has 0 radical (unpaired) electrons. The van der Waals surface area contributed by atoms with Crippen LogP contribution < -0.4 is 5.32 Å². The number of furan rings is 1. The van der Waals surface area contributed by atoms with Crippen LogP contribution in [0, 0.1) is 13.8 Å². The molecule has 1 aromatic heterocycles. The first-order chi connectivity index (χ1) is 11.3. The van der Waals surface area contributed by atoms with Gasteiger partial charge in [0.05, 0.1) is 12.0 Å². The van der Waals surface area contributed by atoms with Crippen molar-refractivity contribution < 1.29 is 14.3 Å². The summed E-state index contributed by atoms with van der Waals surface area (Å²) >= 11 is 0. The minimum absolute atomic E-state index is 0.00176. The van der Waals surface area contributed by atoms with Gasteiger partial charge in [0.25, 0.3) is 0 Å². The Morgan fingerprint density at radius 3 is 2.46 bits per heavy atom. The van der Waals surface area contributed by atoms with E-state index in [4.69, 9.17) is 4.42 Å². The number of rotatable bonds is 5. The monoisotopic (exact) mass is 327 g/mol. The second-order valence-corrected chi connectivity index (χ2v) is 7.09. The molecular weight excluding hydrogens is 302 g/mol. The van der Waals surface area contributed by atoms with E-state index in [9.17, 15) is 9.90 Å². The lowest BCUT2D eigenvalue weighted by atomic mass is 9.63. The van der Waals surface area contributed by atoms with E-state index in [2.05, 4.69) is 5.32 Å². The Kier molecular flexibility index (Phi) is 4.26. The summed E-state index contributed by atoms with van der Waals surface area (Å²) in [5.41, 5.74) is 0.184. The summed E-state index contributed by atoms with van der Waals surface area (Å²) in [6, 6.07) is 11.8. The van der Waals surface area contributed by atoms with E-state index in [0.29, 0.717) is 5.76 Å². The minimum Gasteiger partial charge on any atom is -0.466 e. The molecule has 1 atom stereocenters. The molecule has 0 saturated heterocycles. The first kappa shape index (κ1) is 16.8. The second kappa shape index (κ2) is 6.10. The third-order valence-corrected chi connectivity index (χ3v) is 5.18. The molecule has 0 aliphatic heterocycles. The quantitative estimate of drug-likeness (QED) is 0.885. The van der Waals surface area contributed by atoms with Crippen molar-refractivity contribution in [2.75, 3.05) is 6.54 Å². The molecule has 4 heteroatoms. The van der Waals surface area contributed by atoms with Crippen LogP contribution in [0.2, 0.25) is 0 Å². The van der Waals surface area contributed by atoms with E-state index in [1.54, 1.807) is 6.92 Å². The molecule has 1 fully saturated rings. The predicted molar refractivity (Wildman–Crippen MR) is 92.7 cm³/mol. The Balaban J connectivity index is 1.74. The number of hydrogen-bond acceptors (Lipinski definition) is 3. The van der Waals surface area contributed by atoms with Crippen molar-refractivity contribution in [2.45, 2.75) is 51.0 Å². The highest BCUT2D eigenvalue weighted by atomic mass is 16.3. The number of amides is 1. The molecule has 1 aliphatic carbocycles. The predicted octanol–water partition coefficient (Wildman–Crippen LogP) is 3.34. The number of carbonyl (C=O) groups is 1. The van der Waals surface area contributed by atoms with Gasteiger partial charge in [-0.25, -0.2) is 0 Å². The van der Waals surface area contributed by atoms with Gasteiger partial charge in [0, 0.05) is 5.56 Å². The van der Waals surface area contributed by atoms with Gasteiger partial charge in [-0.05, 0) is 45.2 Å². The lowest BCUT2D eigenvalue weighted by Gasteiger charge is -2.41. The van der Waals surface area contributed by atoms with Crippen molar-refractivity contribution in [1.82, 2.24) is 5.32 Å². The van der Waals surface area contributed by atoms with Crippen molar-refractivity contribution in [1.29, 1.82) is 0 Å². The molecule has 1 aliphatic rings. The van der Waals surface area contributed by atoms with Crippen LogP contribution in [0.15, 0.2) is 40.8 Å². The van der Waals surface area contributed by atoms with Crippen LogP contribution in [0.1, 0.15) is 48.8 Å². The van der Waals surface area contributed by atoms with Crippen molar-refractivity contribution >= 4 is 5.91 Å². The third kappa shape index (κ3) is 2.86. The fourth-order valence-electron chi connectivity index (χ4n) is 3.62. The van der Waals surface area contributed by atoms with Gasteiger partial charge in [-0.3, -0.25) is 4.79 Å². The zero-order chi connectivity index (χ0) is 17.4. The van der Waals surface area contributed by atoms with Crippen LogP contribution in [0.4, 0.5) is 0 Å². The molecule has 1 amide bonds. The lowest BCUT2D eigenvalue weighted by Crippen LogP contribution is -2.52. The standard InChI is InChI=1S/C20H25NO3/c1-14-12-17(15(2)24-14)19(3,23)13-21-18(22)20(10-7-11-20)16-8-5-4-6-9-16/h4-6,8-9,12,23H,7,10-11,13H2,1-3H3,(H,21,22). The summed E-state index contributed by atoms with van der Waals surface area (Å²) in [5, 5.41) is 13.7. The molecule has 2 N–H and O–H groups in total. The van der Waals surface area contributed by atoms with E-state index in [-0.39, 0.29) is 12.5 Å². The molecule has 2 aromatic rings. The van der Waals surface area contributed by atoms with E-state index in [0.717, 1.165) is 36.1 Å². The molecule has 0 spiro atoms. The molecule has 1 heterocycles. The Morgan fingerprint density at radius 2 is 1.96 bits per heavy atom. The Morgan fingerprint density at radius 1 is 1.29 bits per heavy atom. The molecule has 3 rings (SSSR count). The van der Waals surface area contributed by atoms with Gasteiger partial charge in [0.2, 0.25) is 5.91 Å². The summed E-state index contributed by atoms with van der Waals surface area (Å²) in [5.74, 6) is 1.44. The number of carbonyl (C=O) groups excluding carboxylic acids is 1. The molecule has 24 heavy (non-hydrogen) atoms. The van der Waals surface area contributed by atoms with Crippen LogP contribution in [0.3, 0.4) is 0 Å². The maximum Gasteiger partial charge on any atom is 0.230 e. The molecule has 1 saturated carbocycles. The van der Waals surface area contributed by atoms with Crippen LogP contribution in [-0.2, 0) is 15.8 Å². The maximum atomic E-state index is 12.9. The molecular formula is C20H25NO3. The smallest absolute Gasteiger partial charge is 0.230 e. The number of nitrogens with one attached hydrogen (secondary N) is 1. The first-order valence-electron chi connectivity index (χ1n) is 8.49. The molecule has 128 valence electrons. The van der Waals surface area contributed by atoms with Gasteiger partial charge in [0.1, 0.15) is 17.1 Å². The summed E-state index contributed by atoms with van der Waals surface area (Å²) in [4.78, 5) is 12.9. The zero-order valence-corrected chi connectivity index (χ0v) is 14.6. The highest BCUT2D eigenvalue weighted by molar-refractivity contribution is 5.89. The van der Waals surface area contributed by atoms with E-state index >= 15 is 0 Å².